The molecule has 138 valence electrons. The van der Waals surface area contributed by atoms with E-state index in [2.05, 4.69) is 0 Å². The monoisotopic (exact) mass is 379 g/mol. The number of hydrogen-bond acceptors (Lipinski definition) is 6. The molecule has 2 aromatic rings. The maximum atomic E-state index is 12.5. The highest BCUT2D eigenvalue weighted by molar-refractivity contribution is 6.32. The first-order valence-corrected chi connectivity index (χ1v) is 7.89. The van der Waals surface area contributed by atoms with Gasteiger partial charge in [0, 0.05) is 0 Å². The first kappa shape index (κ1) is 19.4. The van der Waals surface area contributed by atoms with Gasteiger partial charge >= 0.3 is 5.97 Å². The highest BCUT2D eigenvalue weighted by Gasteiger charge is 2.19. The van der Waals surface area contributed by atoms with Gasteiger partial charge in [-0.05, 0) is 36.8 Å². The average Bonchev–Trinajstić information content (AvgIpc) is 2.61. The number of esters is 1. The lowest BCUT2D eigenvalue weighted by Gasteiger charge is -2.14. The summed E-state index contributed by atoms with van der Waals surface area (Å²) >= 11 is 6.13. The molecule has 0 heterocycles. The van der Waals surface area contributed by atoms with Crippen LogP contribution in [0.3, 0.4) is 0 Å². The summed E-state index contributed by atoms with van der Waals surface area (Å²) in [5, 5.41) is 0.0772. The zero-order valence-electron chi connectivity index (χ0n) is 14.5. The number of rotatable bonds is 7. The Morgan fingerprint density at radius 2 is 1.73 bits per heavy atom. The smallest absolute Gasteiger partial charge is 0.343 e. The van der Waals surface area contributed by atoms with Crippen molar-refractivity contribution in [3.05, 3.63) is 46.5 Å². The number of benzene rings is 2. The number of nitrogens with two attached hydrogens (primary N) is 1. The molecule has 8 heteroatoms. The molecule has 0 bridgehead atoms. The van der Waals surface area contributed by atoms with Crippen molar-refractivity contribution < 1.29 is 28.5 Å². The molecule has 2 rings (SSSR count). The summed E-state index contributed by atoms with van der Waals surface area (Å²) in [6.45, 7) is 1.52. The predicted molar refractivity (Wildman–Crippen MR) is 95.4 cm³/mol. The molecule has 0 radical (unpaired) electrons. The van der Waals surface area contributed by atoms with Crippen LogP contribution in [0.15, 0.2) is 30.3 Å². The van der Waals surface area contributed by atoms with E-state index >= 15 is 0 Å². The van der Waals surface area contributed by atoms with Crippen LogP contribution >= 0.6 is 11.6 Å². The zero-order chi connectivity index (χ0) is 19.3. The zero-order valence-corrected chi connectivity index (χ0v) is 15.3. The van der Waals surface area contributed by atoms with Crippen LogP contribution in [-0.2, 0) is 4.79 Å². The van der Waals surface area contributed by atoms with E-state index in [1.165, 1.54) is 26.4 Å². The van der Waals surface area contributed by atoms with E-state index in [1.807, 2.05) is 6.92 Å². The Bertz CT molecular complexity index is 837. The van der Waals surface area contributed by atoms with Crippen LogP contribution in [0.1, 0.15) is 15.9 Å². The van der Waals surface area contributed by atoms with E-state index in [9.17, 15) is 9.59 Å². The van der Waals surface area contributed by atoms with Crippen molar-refractivity contribution in [3.63, 3.8) is 0 Å². The second kappa shape index (κ2) is 8.44. The van der Waals surface area contributed by atoms with Crippen LogP contribution in [0.2, 0.25) is 5.02 Å². The highest BCUT2D eigenvalue weighted by atomic mass is 35.5. The molecule has 2 N–H and O–H groups in total. The van der Waals surface area contributed by atoms with Crippen molar-refractivity contribution in [3.8, 4) is 23.0 Å². The lowest BCUT2D eigenvalue weighted by Crippen LogP contribution is -2.20. The highest BCUT2D eigenvalue weighted by Crippen LogP contribution is 2.37. The fourth-order valence-corrected chi connectivity index (χ4v) is 2.40. The average molecular weight is 380 g/mol. The summed E-state index contributed by atoms with van der Waals surface area (Å²) < 4.78 is 21.0. The van der Waals surface area contributed by atoms with Crippen LogP contribution in [-0.4, -0.2) is 32.7 Å². The van der Waals surface area contributed by atoms with Crippen LogP contribution in [0.5, 0.6) is 23.0 Å². The van der Waals surface area contributed by atoms with Gasteiger partial charge in [0.15, 0.2) is 29.6 Å². The molecular weight excluding hydrogens is 362 g/mol. The normalized spacial score (nSPS) is 10.2. The number of carbonyl (C=O) groups is 2. The topological polar surface area (TPSA) is 97.1 Å². The molecule has 0 aliphatic carbocycles. The van der Waals surface area contributed by atoms with Crippen LogP contribution in [0.4, 0.5) is 0 Å². The standard InChI is InChI=1S/C18H18ClNO6/c1-10-4-5-13(14(6-10)23-2)26-18(22)11-7-12(19)17(15(8-11)24-3)25-9-16(20)21/h4-8H,9H2,1-3H3,(H2,20,21). The quantitative estimate of drug-likeness (QED) is 0.586. The number of methoxy groups -OCH3 is 2. The van der Waals surface area contributed by atoms with Crippen LogP contribution < -0.4 is 24.7 Å². The Morgan fingerprint density at radius 3 is 2.35 bits per heavy atom. The van der Waals surface area contributed by atoms with Gasteiger partial charge in [-0.3, -0.25) is 4.79 Å². The Balaban J connectivity index is 2.29. The lowest BCUT2D eigenvalue weighted by atomic mass is 10.2. The molecule has 0 aromatic heterocycles. The minimum Gasteiger partial charge on any atom is -0.493 e. The number of primary amides is 1. The Morgan fingerprint density at radius 1 is 1.04 bits per heavy atom. The van der Waals surface area contributed by atoms with E-state index in [-0.39, 0.29) is 34.4 Å². The third-order valence-corrected chi connectivity index (χ3v) is 3.63. The van der Waals surface area contributed by atoms with Gasteiger partial charge in [-0.1, -0.05) is 17.7 Å². The number of hydrogen-bond donors (Lipinski definition) is 1. The van der Waals surface area contributed by atoms with Gasteiger partial charge in [0.05, 0.1) is 24.8 Å². The van der Waals surface area contributed by atoms with Gasteiger partial charge in [0.2, 0.25) is 0 Å². The summed E-state index contributed by atoms with van der Waals surface area (Å²) in [6.07, 6.45) is 0. The van der Waals surface area contributed by atoms with E-state index in [0.29, 0.717) is 5.75 Å². The molecule has 26 heavy (non-hydrogen) atoms. The Hall–Kier alpha value is -2.93. The molecular formula is C18H18ClNO6. The second-order valence-electron chi connectivity index (χ2n) is 5.29. The number of amides is 1. The molecule has 7 nitrogen and oxygen atoms in total. The van der Waals surface area contributed by atoms with Gasteiger partial charge in [0.1, 0.15) is 0 Å². The predicted octanol–water partition coefficient (Wildman–Crippen LogP) is 2.75. The van der Waals surface area contributed by atoms with Crippen molar-refractivity contribution in [1.29, 1.82) is 0 Å². The molecule has 0 aliphatic heterocycles. The largest absolute Gasteiger partial charge is 0.493 e. The SMILES string of the molecule is COc1cc(C)ccc1OC(=O)c1cc(Cl)c(OCC(N)=O)c(OC)c1. The first-order chi connectivity index (χ1) is 12.3. The van der Waals surface area contributed by atoms with Gasteiger partial charge in [-0.25, -0.2) is 4.79 Å². The third-order valence-electron chi connectivity index (χ3n) is 3.35. The summed E-state index contributed by atoms with van der Waals surface area (Å²) in [6, 6.07) is 7.92. The van der Waals surface area contributed by atoms with Gasteiger partial charge < -0.3 is 24.7 Å². The first-order valence-electron chi connectivity index (χ1n) is 7.51. The second-order valence-corrected chi connectivity index (χ2v) is 5.70. The van der Waals surface area contributed by atoms with Crippen molar-refractivity contribution in [2.75, 3.05) is 20.8 Å². The fraction of sp³-hybridized carbons (Fsp3) is 0.222. The third kappa shape index (κ3) is 4.58. The molecule has 0 aliphatic rings. The van der Waals surface area contributed by atoms with Gasteiger partial charge in [0.25, 0.3) is 5.91 Å². The molecule has 0 saturated carbocycles. The van der Waals surface area contributed by atoms with Gasteiger partial charge in [-0.2, -0.15) is 0 Å². The van der Waals surface area contributed by atoms with E-state index in [0.717, 1.165) is 5.56 Å². The minimum absolute atomic E-state index is 0.0772. The van der Waals surface area contributed by atoms with Crippen molar-refractivity contribution in [1.82, 2.24) is 0 Å². The number of carbonyl (C=O) groups excluding carboxylic acids is 2. The summed E-state index contributed by atoms with van der Waals surface area (Å²) in [7, 11) is 2.86. The van der Waals surface area contributed by atoms with Crippen molar-refractivity contribution >= 4 is 23.5 Å². The van der Waals surface area contributed by atoms with E-state index < -0.39 is 11.9 Å². The van der Waals surface area contributed by atoms with Gasteiger partial charge in [-0.15, -0.1) is 0 Å². The minimum atomic E-state index is -0.668. The molecule has 0 atom stereocenters. The molecule has 1 amide bonds. The number of aryl methyl sites for hydroxylation is 1. The summed E-state index contributed by atoms with van der Waals surface area (Å²) in [5.41, 5.74) is 6.15. The van der Waals surface area contributed by atoms with E-state index in [1.54, 1.807) is 18.2 Å². The van der Waals surface area contributed by atoms with E-state index in [4.69, 9.17) is 36.3 Å². The van der Waals surface area contributed by atoms with Crippen molar-refractivity contribution in [2.45, 2.75) is 6.92 Å². The van der Waals surface area contributed by atoms with Crippen LogP contribution in [0, 0.1) is 6.92 Å². The number of ether oxygens (including phenoxy) is 4. The Kier molecular flexibility index (Phi) is 6.30. The van der Waals surface area contributed by atoms with Crippen LogP contribution in [0.25, 0.3) is 0 Å². The number of halogens is 1. The molecule has 0 saturated heterocycles. The molecule has 0 spiro atoms. The Labute approximate surface area is 155 Å². The maximum Gasteiger partial charge on any atom is 0.343 e. The molecule has 2 aromatic carbocycles. The summed E-state index contributed by atoms with van der Waals surface area (Å²) in [5.74, 6) is -0.351. The molecule has 0 unspecified atom stereocenters. The lowest BCUT2D eigenvalue weighted by molar-refractivity contribution is -0.119. The van der Waals surface area contributed by atoms with Crippen molar-refractivity contribution in [2.24, 2.45) is 5.73 Å². The fourth-order valence-electron chi connectivity index (χ4n) is 2.14. The maximum absolute atomic E-state index is 12.5. The summed E-state index contributed by atoms with van der Waals surface area (Å²) in [4.78, 5) is 23.3. The molecule has 0 fully saturated rings.